The Bertz CT molecular complexity index is 969. The fourth-order valence-corrected chi connectivity index (χ4v) is 3.08. The molecule has 0 saturated heterocycles. The largest absolute Gasteiger partial charge is 0.455 e. The molecule has 0 unspecified atom stereocenters. The van der Waals surface area contributed by atoms with Gasteiger partial charge in [0.2, 0.25) is 0 Å². The molecule has 0 aliphatic rings. The maximum atomic E-state index is 12.7. The SMILES string of the molecule is O=C(COC(=O)C(c1ccccc1)c1ccccc1)NNC(=O)c1ccc(Br)cc1. The van der Waals surface area contributed by atoms with Crippen molar-refractivity contribution in [3.8, 4) is 0 Å². The average Bonchev–Trinajstić information content (AvgIpc) is 2.78. The molecule has 2 N–H and O–H groups in total. The lowest BCUT2D eigenvalue weighted by molar-refractivity contribution is -0.149. The van der Waals surface area contributed by atoms with Crippen LogP contribution in [0.25, 0.3) is 0 Å². The van der Waals surface area contributed by atoms with Crippen molar-refractivity contribution < 1.29 is 19.1 Å². The Hall–Kier alpha value is -3.45. The number of esters is 1. The highest BCUT2D eigenvalue weighted by molar-refractivity contribution is 9.10. The van der Waals surface area contributed by atoms with Crippen LogP contribution in [0.15, 0.2) is 89.4 Å². The second-order valence-electron chi connectivity index (χ2n) is 6.37. The predicted octanol–water partition coefficient (Wildman–Crippen LogP) is 3.59. The quantitative estimate of drug-likeness (QED) is 0.429. The number of nitrogens with one attached hydrogen (secondary N) is 2. The number of halogens is 1. The number of rotatable bonds is 6. The van der Waals surface area contributed by atoms with E-state index in [9.17, 15) is 14.4 Å². The fraction of sp³-hybridized carbons (Fsp3) is 0.0870. The smallest absolute Gasteiger partial charge is 0.318 e. The van der Waals surface area contributed by atoms with E-state index in [0.717, 1.165) is 15.6 Å². The summed E-state index contributed by atoms with van der Waals surface area (Å²) in [6.45, 7) is -0.518. The summed E-state index contributed by atoms with van der Waals surface area (Å²) < 4.78 is 6.05. The molecular weight excluding hydrogens is 448 g/mol. The van der Waals surface area contributed by atoms with Gasteiger partial charge in [0.15, 0.2) is 6.61 Å². The van der Waals surface area contributed by atoms with Crippen LogP contribution in [0.3, 0.4) is 0 Å². The number of ether oxygens (including phenoxy) is 1. The van der Waals surface area contributed by atoms with Gasteiger partial charge < -0.3 is 4.74 Å². The van der Waals surface area contributed by atoms with Gasteiger partial charge in [-0.15, -0.1) is 0 Å². The van der Waals surface area contributed by atoms with E-state index >= 15 is 0 Å². The number of hydrogen-bond donors (Lipinski definition) is 2. The summed E-state index contributed by atoms with van der Waals surface area (Å²) in [4.78, 5) is 36.8. The third-order valence-corrected chi connectivity index (χ3v) is 4.80. The first-order chi connectivity index (χ1) is 14.5. The summed E-state index contributed by atoms with van der Waals surface area (Å²) in [5, 5.41) is 0. The van der Waals surface area contributed by atoms with Crippen LogP contribution in [-0.2, 0) is 14.3 Å². The molecule has 3 rings (SSSR count). The molecule has 6 nitrogen and oxygen atoms in total. The Morgan fingerprint density at radius 2 is 1.30 bits per heavy atom. The Morgan fingerprint density at radius 1 is 0.767 bits per heavy atom. The number of carbonyl (C=O) groups is 3. The normalized spacial score (nSPS) is 10.3. The van der Waals surface area contributed by atoms with Gasteiger partial charge in [-0.2, -0.15) is 0 Å². The Morgan fingerprint density at radius 3 is 1.83 bits per heavy atom. The first-order valence-electron chi connectivity index (χ1n) is 9.16. The van der Waals surface area contributed by atoms with E-state index in [0.29, 0.717) is 5.56 Å². The molecule has 0 atom stereocenters. The van der Waals surface area contributed by atoms with E-state index in [1.807, 2.05) is 60.7 Å². The summed E-state index contributed by atoms with van der Waals surface area (Å²) in [5.41, 5.74) is 6.43. The Labute approximate surface area is 182 Å². The van der Waals surface area contributed by atoms with Crippen LogP contribution in [0.1, 0.15) is 27.4 Å². The first kappa shape index (κ1) is 21.3. The minimum Gasteiger partial charge on any atom is -0.455 e. The summed E-state index contributed by atoms with van der Waals surface area (Å²) in [7, 11) is 0. The van der Waals surface area contributed by atoms with Gasteiger partial charge in [-0.05, 0) is 35.4 Å². The zero-order valence-corrected chi connectivity index (χ0v) is 17.5. The van der Waals surface area contributed by atoms with Gasteiger partial charge in [0.05, 0.1) is 0 Å². The molecule has 30 heavy (non-hydrogen) atoms. The minimum atomic E-state index is -0.655. The molecule has 0 heterocycles. The predicted molar refractivity (Wildman–Crippen MR) is 115 cm³/mol. The maximum absolute atomic E-state index is 12.7. The zero-order chi connectivity index (χ0) is 21.3. The Kier molecular flexibility index (Phi) is 7.34. The number of hydrazine groups is 1. The second-order valence-corrected chi connectivity index (χ2v) is 7.29. The van der Waals surface area contributed by atoms with Crippen LogP contribution in [0.5, 0.6) is 0 Å². The van der Waals surface area contributed by atoms with E-state index in [4.69, 9.17) is 4.74 Å². The van der Waals surface area contributed by atoms with Crippen LogP contribution < -0.4 is 10.9 Å². The van der Waals surface area contributed by atoms with Gasteiger partial charge in [0, 0.05) is 10.0 Å². The van der Waals surface area contributed by atoms with Crippen molar-refractivity contribution in [3.05, 3.63) is 106 Å². The molecule has 0 aliphatic carbocycles. The molecule has 3 aromatic rings. The molecule has 152 valence electrons. The molecule has 0 saturated carbocycles. The summed E-state index contributed by atoms with van der Waals surface area (Å²) >= 11 is 3.29. The standard InChI is InChI=1S/C23H19BrN2O4/c24-19-13-11-18(12-14-19)22(28)26-25-20(27)15-30-23(29)21(16-7-3-1-4-8-16)17-9-5-2-6-10-17/h1-14,21H,15H2,(H,25,27)(H,26,28). The maximum Gasteiger partial charge on any atom is 0.318 e. The molecular formula is C23H19BrN2O4. The number of amides is 2. The molecule has 0 spiro atoms. The molecule has 0 aliphatic heterocycles. The highest BCUT2D eigenvalue weighted by Crippen LogP contribution is 2.25. The first-order valence-corrected chi connectivity index (χ1v) is 9.95. The van der Waals surface area contributed by atoms with Gasteiger partial charge in [-0.1, -0.05) is 76.6 Å². The van der Waals surface area contributed by atoms with E-state index < -0.39 is 30.3 Å². The number of hydrogen-bond acceptors (Lipinski definition) is 4. The molecule has 0 radical (unpaired) electrons. The second kappa shape index (κ2) is 10.4. The Balaban J connectivity index is 1.58. The lowest BCUT2D eigenvalue weighted by atomic mass is 9.91. The van der Waals surface area contributed by atoms with Crippen LogP contribution >= 0.6 is 15.9 Å². The highest BCUT2D eigenvalue weighted by Gasteiger charge is 2.24. The highest BCUT2D eigenvalue weighted by atomic mass is 79.9. The molecule has 0 bridgehead atoms. The van der Waals surface area contributed by atoms with Crippen molar-refractivity contribution in [3.63, 3.8) is 0 Å². The summed E-state index contributed by atoms with van der Waals surface area (Å²) in [6.07, 6.45) is 0. The molecule has 0 fully saturated rings. The lowest BCUT2D eigenvalue weighted by Gasteiger charge is -2.17. The van der Waals surface area contributed by atoms with Gasteiger partial charge in [0.1, 0.15) is 5.92 Å². The summed E-state index contributed by atoms with van der Waals surface area (Å²) in [5.74, 6) is -2.33. The third-order valence-electron chi connectivity index (χ3n) is 4.27. The lowest BCUT2D eigenvalue weighted by Crippen LogP contribution is -2.43. The number of benzene rings is 3. The minimum absolute atomic E-state index is 0.378. The van der Waals surface area contributed by atoms with Crippen molar-refractivity contribution in [1.29, 1.82) is 0 Å². The van der Waals surface area contributed by atoms with Crippen LogP contribution in [0.4, 0.5) is 0 Å². The van der Waals surface area contributed by atoms with Gasteiger partial charge in [-0.25, -0.2) is 0 Å². The topological polar surface area (TPSA) is 84.5 Å². The van der Waals surface area contributed by atoms with Crippen molar-refractivity contribution in [2.45, 2.75) is 5.92 Å². The molecule has 7 heteroatoms. The molecule has 0 aromatic heterocycles. The monoisotopic (exact) mass is 466 g/mol. The van der Waals surface area contributed by atoms with Crippen LogP contribution in [-0.4, -0.2) is 24.4 Å². The fourth-order valence-electron chi connectivity index (χ4n) is 2.81. The molecule has 2 amide bonds. The van der Waals surface area contributed by atoms with Crippen LogP contribution in [0, 0.1) is 0 Å². The van der Waals surface area contributed by atoms with Crippen molar-refractivity contribution >= 4 is 33.7 Å². The average molecular weight is 467 g/mol. The van der Waals surface area contributed by atoms with Gasteiger partial charge >= 0.3 is 5.97 Å². The van der Waals surface area contributed by atoms with Crippen LogP contribution in [0.2, 0.25) is 0 Å². The van der Waals surface area contributed by atoms with Crippen molar-refractivity contribution in [1.82, 2.24) is 10.9 Å². The van der Waals surface area contributed by atoms with E-state index in [1.165, 1.54) is 0 Å². The molecule has 3 aromatic carbocycles. The summed E-state index contributed by atoms with van der Waals surface area (Å²) in [6, 6.07) is 25.0. The van der Waals surface area contributed by atoms with Crippen molar-refractivity contribution in [2.75, 3.05) is 6.61 Å². The third kappa shape index (κ3) is 5.78. The van der Waals surface area contributed by atoms with E-state index in [2.05, 4.69) is 26.8 Å². The van der Waals surface area contributed by atoms with Gasteiger partial charge in [-0.3, -0.25) is 25.2 Å². The zero-order valence-electron chi connectivity index (χ0n) is 15.9. The van der Waals surface area contributed by atoms with E-state index in [-0.39, 0.29) is 0 Å². The van der Waals surface area contributed by atoms with Crippen molar-refractivity contribution in [2.24, 2.45) is 0 Å². The van der Waals surface area contributed by atoms with Gasteiger partial charge in [0.25, 0.3) is 11.8 Å². The number of carbonyl (C=O) groups excluding carboxylic acids is 3. The van der Waals surface area contributed by atoms with E-state index in [1.54, 1.807) is 24.3 Å².